The second-order valence-corrected chi connectivity index (χ2v) is 2.42. The van der Waals surface area contributed by atoms with Crippen molar-refractivity contribution in [2.24, 2.45) is 0 Å². The Kier molecular flexibility index (Phi) is 2.03. The minimum absolute atomic E-state index is 0.0304. The van der Waals surface area contributed by atoms with Gasteiger partial charge in [-0.15, -0.1) is 0 Å². The lowest BCUT2D eigenvalue weighted by Crippen LogP contribution is -2.21. The van der Waals surface area contributed by atoms with E-state index >= 15 is 0 Å². The van der Waals surface area contributed by atoms with E-state index in [1.807, 2.05) is 6.92 Å². The molecule has 2 nitrogen and oxygen atoms in total. The largest absolute Gasteiger partial charge is 0.394 e. The highest BCUT2D eigenvalue weighted by Gasteiger charge is 2.31. The zero-order chi connectivity index (χ0) is 6.85. The molecule has 1 aliphatic heterocycles. The summed E-state index contributed by atoms with van der Waals surface area (Å²) in [6.45, 7) is 1.60. The lowest BCUT2D eigenvalue weighted by molar-refractivity contribution is 0.000910. The van der Waals surface area contributed by atoms with Gasteiger partial charge >= 0.3 is 0 Å². The Balaban J connectivity index is 2.38. The summed E-state index contributed by atoms with van der Waals surface area (Å²) >= 11 is 0. The smallest absolute Gasteiger partial charge is 0.131 e. The van der Waals surface area contributed by atoms with Crippen molar-refractivity contribution in [1.29, 1.82) is 0 Å². The Morgan fingerprint density at radius 1 is 1.78 bits per heavy atom. The highest BCUT2D eigenvalue weighted by molar-refractivity contribution is 4.79. The van der Waals surface area contributed by atoms with Crippen LogP contribution in [0.2, 0.25) is 0 Å². The predicted molar refractivity (Wildman–Crippen MR) is 30.9 cm³/mol. The fraction of sp³-hybridized carbons (Fsp3) is 1.00. The van der Waals surface area contributed by atoms with Gasteiger partial charge in [0.15, 0.2) is 0 Å². The van der Waals surface area contributed by atoms with Gasteiger partial charge in [0.1, 0.15) is 12.3 Å². The van der Waals surface area contributed by atoms with E-state index < -0.39 is 12.3 Å². The van der Waals surface area contributed by atoms with Crippen LogP contribution in [0.15, 0.2) is 0 Å². The highest BCUT2D eigenvalue weighted by atomic mass is 19.1. The normalized spacial score (nSPS) is 43.7. The van der Waals surface area contributed by atoms with Gasteiger partial charge in [0.2, 0.25) is 0 Å². The number of halogens is 1. The second kappa shape index (κ2) is 2.62. The first kappa shape index (κ1) is 6.96. The number of rotatable bonds is 1. The average molecular weight is 134 g/mol. The number of aliphatic hydroxyl groups excluding tert-OH is 1. The SMILES string of the molecule is CC1C[C@@H](F)[C@@H](CO)O1. The third-order valence-corrected chi connectivity index (χ3v) is 1.55. The quantitative estimate of drug-likeness (QED) is 0.565. The molecule has 1 rings (SSSR count). The molecule has 54 valence electrons. The van der Waals surface area contributed by atoms with Crippen LogP contribution >= 0.6 is 0 Å². The molecule has 3 atom stereocenters. The molecule has 0 aromatic heterocycles. The van der Waals surface area contributed by atoms with Crippen molar-refractivity contribution in [2.75, 3.05) is 6.61 Å². The summed E-state index contributed by atoms with van der Waals surface area (Å²) < 4.78 is 17.6. The highest BCUT2D eigenvalue weighted by Crippen LogP contribution is 2.21. The van der Waals surface area contributed by atoms with Crippen molar-refractivity contribution in [3.8, 4) is 0 Å². The van der Waals surface area contributed by atoms with Crippen molar-refractivity contribution in [2.45, 2.75) is 31.7 Å². The summed E-state index contributed by atoms with van der Waals surface area (Å²) in [5.41, 5.74) is 0. The molecule has 1 unspecified atom stereocenters. The minimum Gasteiger partial charge on any atom is -0.394 e. The standard InChI is InChI=1S/C6H11FO2/c1-4-2-5(7)6(3-8)9-4/h4-6,8H,2-3H2,1H3/t4?,5-,6-/m1/s1. The third kappa shape index (κ3) is 1.40. The Labute approximate surface area is 53.6 Å². The molecule has 1 heterocycles. The number of alkyl halides is 1. The maximum absolute atomic E-state index is 12.6. The Bertz CT molecular complexity index is 97.1. The third-order valence-electron chi connectivity index (χ3n) is 1.55. The molecule has 0 amide bonds. The van der Waals surface area contributed by atoms with Gasteiger partial charge in [-0.1, -0.05) is 0 Å². The Morgan fingerprint density at radius 3 is 2.67 bits per heavy atom. The first-order valence-corrected chi connectivity index (χ1v) is 3.14. The summed E-state index contributed by atoms with van der Waals surface area (Å²) in [7, 11) is 0. The molecule has 1 aliphatic rings. The van der Waals surface area contributed by atoms with Gasteiger partial charge in [0, 0.05) is 6.42 Å². The molecule has 0 aromatic carbocycles. The van der Waals surface area contributed by atoms with Crippen LogP contribution in [0.4, 0.5) is 4.39 Å². The average Bonchev–Trinajstić information content (AvgIpc) is 2.10. The van der Waals surface area contributed by atoms with Crippen molar-refractivity contribution in [1.82, 2.24) is 0 Å². The van der Waals surface area contributed by atoms with Crippen molar-refractivity contribution >= 4 is 0 Å². The van der Waals surface area contributed by atoms with E-state index in [0.717, 1.165) is 0 Å². The Hall–Kier alpha value is -0.150. The zero-order valence-corrected chi connectivity index (χ0v) is 5.38. The molecule has 3 heteroatoms. The molecule has 0 saturated carbocycles. The lowest BCUT2D eigenvalue weighted by Gasteiger charge is -2.07. The van der Waals surface area contributed by atoms with Gasteiger partial charge in [-0.3, -0.25) is 0 Å². The van der Waals surface area contributed by atoms with Crippen LogP contribution in [0.5, 0.6) is 0 Å². The van der Waals surface area contributed by atoms with Crippen LogP contribution in [-0.2, 0) is 4.74 Å². The molecule has 1 fully saturated rings. The monoisotopic (exact) mass is 134 g/mol. The summed E-state index contributed by atoms with van der Waals surface area (Å²) in [4.78, 5) is 0. The van der Waals surface area contributed by atoms with Gasteiger partial charge in [0.05, 0.1) is 12.7 Å². The molecular weight excluding hydrogens is 123 g/mol. The number of aliphatic hydroxyl groups is 1. The summed E-state index contributed by atoms with van der Waals surface area (Å²) in [6, 6.07) is 0. The maximum Gasteiger partial charge on any atom is 0.131 e. The van der Waals surface area contributed by atoms with Crippen LogP contribution in [0.1, 0.15) is 13.3 Å². The molecule has 0 aliphatic carbocycles. The van der Waals surface area contributed by atoms with Crippen molar-refractivity contribution in [3.05, 3.63) is 0 Å². The van der Waals surface area contributed by atoms with Gasteiger partial charge < -0.3 is 9.84 Å². The van der Waals surface area contributed by atoms with E-state index in [1.54, 1.807) is 0 Å². The molecule has 0 spiro atoms. The van der Waals surface area contributed by atoms with Crippen molar-refractivity contribution in [3.63, 3.8) is 0 Å². The van der Waals surface area contributed by atoms with E-state index in [4.69, 9.17) is 9.84 Å². The zero-order valence-electron chi connectivity index (χ0n) is 5.38. The number of hydrogen-bond donors (Lipinski definition) is 1. The second-order valence-electron chi connectivity index (χ2n) is 2.42. The van der Waals surface area contributed by atoms with Crippen LogP contribution in [-0.4, -0.2) is 30.1 Å². The number of hydrogen-bond acceptors (Lipinski definition) is 2. The lowest BCUT2D eigenvalue weighted by atomic mass is 10.2. The maximum atomic E-state index is 12.6. The molecule has 0 aromatic rings. The van der Waals surface area contributed by atoms with Crippen LogP contribution in [0.25, 0.3) is 0 Å². The van der Waals surface area contributed by atoms with Gasteiger partial charge in [-0.05, 0) is 6.92 Å². The number of ether oxygens (including phenoxy) is 1. The van der Waals surface area contributed by atoms with Crippen molar-refractivity contribution < 1.29 is 14.2 Å². The van der Waals surface area contributed by atoms with Crippen LogP contribution in [0.3, 0.4) is 0 Å². The molecular formula is C6H11FO2. The van der Waals surface area contributed by atoms with Gasteiger partial charge in [-0.25, -0.2) is 4.39 Å². The van der Waals surface area contributed by atoms with Gasteiger partial charge in [0.25, 0.3) is 0 Å². The van der Waals surface area contributed by atoms with E-state index in [-0.39, 0.29) is 12.7 Å². The van der Waals surface area contributed by atoms with E-state index in [1.165, 1.54) is 0 Å². The van der Waals surface area contributed by atoms with E-state index in [2.05, 4.69) is 0 Å². The fourth-order valence-electron chi connectivity index (χ4n) is 1.07. The van der Waals surface area contributed by atoms with E-state index in [9.17, 15) is 4.39 Å². The Morgan fingerprint density at radius 2 is 2.44 bits per heavy atom. The first-order valence-electron chi connectivity index (χ1n) is 3.14. The predicted octanol–water partition coefficient (Wildman–Crippen LogP) is 0.494. The molecule has 9 heavy (non-hydrogen) atoms. The molecule has 0 bridgehead atoms. The summed E-state index contributed by atoms with van der Waals surface area (Å²) in [5, 5.41) is 8.49. The molecule has 0 radical (unpaired) electrons. The first-order chi connectivity index (χ1) is 4.24. The van der Waals surface area contributed by atoms with E-state index in [0.29, 0.717) is 6.42 Å². The van der Waals surface area contributed by atoms with Gasteiger partial charge in [-0.2, -0.15) is 0 Å². The topological polar surface area (TPSA) is 29.5 Å². The summed E-state index contributed by atoms with van der Waals surface area (Å²) in [5.74, 6) is 0. The minimum atomic E-state index is -0.968. The van der Waals surface area contributed by atoms with Crippen LogP contribution < -0.4 is 0 Å². The van der Waals surface area contributed by atoms with Crippen LogP contribution in [0, 0.1) is 0 Å². The molecule has 1 N–H and O–H groups in total. The molecule has 1 saturated heterocycles. The fourth-order valence-corrected chi connectivity index (χ4v) is 1.07. The summed E-state index contributed by atoms with van der Waals surface area (Å²) in [6.07, 6.45) is -1.15.